The number of pyridine rings is 1. The van der Waals surface area contributed by atoms with Gasteiger partial charge in [-0.15, -0.1) is 10.2 Å². The standard InChI is InChI=1S/C28H31F3N6O2/c1-19-5-4-8-35(12-19)13-20-9-23(28(29,30)31)24-15-36(26(38)37(24)14-20)22-7-3-6-21(10-22)27(16-39-17-27)11-25-33-32-18-34(25)2/h3,6-7,9-10,14-15,18-19H,4-5,8,11-13,16-17H2,1-2H3/t19-/m1/s1. The number of aromatic nitrogens is 5. The number of piperidine rings is 1. The largest absolute Gasteiger partial charge is 0.418 e. The van der Waals surface area contributed by atoms with Gasteiger partial charge in [-0.25, -0.2) is 4.79 Å². The van der Waals surface area contributed by atoms with Crippen LogP contribution in [0.15, 0.2) is 53.8 Å². The Labute approximate surface area is 223 Å². The minimum Gasteiger partial charge on any atom is -0.379 e. The van der Waals surface area contributed by atoms with E-state index in [1.54, 1.807) is 18.6 Å². The number of halogens is 3. The molecule has 11 heteroatoms. The minimum atomic E-state index is -4.60. The summed E-state index contributed by atoms with van der Waals surface area (Å²) >= 11 is 0. The van der Waals surface area contributed by atoms with Crippen molar-refractivity contribution < 1.29 is 17.9 Å². The summed E-state index contributed by atoms with van der Waals surface area (Å²) in [7, 11) is 1.88. The number of ether oxygens (including phenoxy) is 1. The first-order chi connectivity index (χ1) is 18.6. The highest BCUT2D eigenvalue weighted by atomic mass is 19.4. The normalized spacial score (nSPS) is 19.9. The van der Waals surface area contributed by atoms with Gasteiger partial charge in [0.1, 0.15) is 12.2 Å². The van der Waals surface area contributed by atoms with Crippen LogP contribution in [0, 0.1) is 5.92 Å². The highest BCUT2D eigenvalue weighted by molar-refractivity contribution is 5.58. The van der Waals surface area contributed by atoms with E-state index in [-0.39, 0.29) is 10.9 Å². The summed E-state index contributed by atoms with van der Waals surface area (Å²) in [5, 5.41) is 8.17. The van der Waals surface area contributed by atoms with Crippen molar-refractivity contribution in [1.29, 1.82) is 0 Å². The van der Waals surface area contributed by atoms with Gasteiger partial charge in [0.2, 0.25) is 0 Å². The molecule has 3 aromatic heterocycles. The predicted molar refractivity (Wildman–Crippen MR) is 139 cm³/mol. The summed E-state index contributed by atoms with van der Waals surface area (Å²) in [5.41, 5.74) is 0.0746. The molecule has 0 unspecified atom stereocenters. The Bertz CT molecular complexity index is 1570. The van der Waals surface area contributed by atoms with E-state index in [2.05, 4.69) is 22.0 Å². The van der Waals surface area contributed by atoms with Gasteiger partial charge < -0.3 is 9.30 Å². The highest BCUT2D eigenvalue weighted by Crippen LogP contribution is 2.37. The number of imidazole rings is 1. The fourth-order valence-electron chi connectivity index (χ4n) is 5.91. The molecule has 2 aliphatic heterocycles. The van der Waals surface area contributed by atoms with Crippen LogP contribution in [0.3, 0.4) is 0 Å². The van der Waals surface area contributed by atoms with Crippen LogP contribution in [0.2, 0.25) is 0 Å². The van der Waals surface area contributed by atoms with Gasteiger partial charge in [-0.05, 0) is 54.6 Å². The molecule has 2 aliphatic rings. The topological polar surface area (TPSA) is 69.6 Å². The molecule has 206 valence electrons. The van der Waals surface area contributed by atoms with Gasteiger partial charge >= 0.3 is 11.9 Å². The quantitative estimate of drug-likeness (QED) is 0.370. The Hall–Kier alpha value is -3.44. The maximum atomic E-state index is 14.2. The van der Waals surface area contributed by atoms with E-state index in [1.807, 2.05) is 29.8 Å². The van der Waals surface area contributed by atoms with E-state index >= 15 is 0 Å². The third-order valence-corrected chi connectivity index (χ3v) is 8.07. The lowest BCUT2D eigenvalue weighted by Gasteiger charge is -2.41. The number of alkyl halides is 3. The second-order valence-corrected chi connectivity index (χ2v) is 11.1. The summed E-state index contributed by atoms with van der Waals surface area (Å²) in [4.78, 5) is 15.7. The molecule has 2 saturated heterocycles. The van der Waals surface area contributed by atoms with Crippen LogP contribution in [0.5, 0.6) is 0 Å². The molecule has 0 bridgehead atoms. The van der Waals surface area contributed by atoms with Crippen LogP contribution in [0.25, 0.3) is 11.2 Å². The Balaban J connectivity index is 1.40. The molecule has 0 aliphatic carbocycles. The van der Waals surface area contributed by atoms with E-state index in [4.69, 9.17) is 4.74 Å². The van der Waals surface area contributed by atoms with Crippen molar-refractivity contribution in [1.82, 2.24) is 28.6 Å². The number of rotatable bonds is 6. The number of hydrogen-bond donors (Lipinski definition) is 0. The smallest absolute Gasteiger partial charge is 0.379 e. The first-order valence-electron chi connectivity index (χ1n) is 13.2. The SMILES string of the molecule is C[C@@H]1CCCN(Cc2cc(C(F)(F)F)c3cn(-c4cccc(C5(Cc6nncn6C)COC5)c4)c(=O)n3c2)C1. The molecular weight excluding hydrogens is 509 g/mol. The first kappa shape index (κ1) is 25.8. The highest BCUT2D eigenvalue weighted by Gasteiger charge is 2.42. The molecule has 0 saturated carbocycles. The number of nitrogens with zero attached hydrogens (tertiary/aromatic N) is 6. The van der Waals surface area contributed by atoms with Crippen molar-refractivity contribution in [2.24, 2.45) is 13.0 Å². The average Bonchev–Trinajstić information content (AvgIpc) is 3.43. The Morgan fingerprint density at radius 3 is 2.67 bits per heavy atom. The van der Waals surface area contributed by atoms with Crippen molar-refractivity contribution in [3.8, 4) is 5.69 Å². The average molecular weight is 541 g/mol. The maximum absolute atomic E-state index is 14.2. The zero-order valence-electron chi connectivity index (χ0n) is 22.0. The molecule has 0 N–H and O–H groups in total. The van der Waals surface area contributed by atoms with Gasteiger partial charge in [0, 0.05) is 44.4 Å². The minimum absolute atomic E-state index is 0.158. The van der Waals surface area contributed by atoms with Gasteiger partial charge in [0.05, 0.1) is 30.0 Å². The fourth-order valence-corrected chi connectivity index (χ4v) is 5.91. The monoisotopic (exact) mass is 540 g/mol. The Morgan fingerprint density at radius 2 is 2.00 bits per heavy atom. The number of likely N-dealkylation sites (tertiary alicyclic amines) is 1. The van der Waals surface area contributed by atoms with Crippen molar-refractivity contribution in [3.63, 3.8) is 0 Å². The number of aryl methyl sites for hydroxylation is 1. The second-order valence-electron chi connectivity index (χ2n) is 11.1. The lowest BCUT2D eigenvalue weighted by molar-refractivity contribution is -0.136. The van der Waals surface area contributed by atoms with Gasteiger partial charge in [0.25, 0.3) is 0 Å². The molecule has 0 spiro atoms. The Kier molecular flexibility index (Phi) is 6.38. The van der Waals surface area contributed by atoms with E-state index in [0.29, 0.717) is 43.3 Å². The second kappa shape index (κ2) is 9.63. The molecule has 6 rings (SSSR count). The van der Waals surface area contributed by atoms with E-state index in [9.17, 15) is 18.0 Å². The zero-order valence-corrected chi connectivity index (χ0v) is 22.0. The third kappa shape index (κ3) is 4.78. The van der Waals surface area contributed by atoms with Crippen LogP contribution in [0.1, 0.15) is 42.3 Å². The fraction of sp³-hybridized carbons (Fsp3) is 0.464. The molecule has 2 fully saturated rings. The lowest BCUT2D eigenvalue weighted by atomic mass is 9.75. The predicted octanol–water partition coefficient (Wildman–Crippen LogP) is 3.98. The van der Waals surface area contributed by atoms with Gasteiger partial charge in [0.15, 0.2) is 0 Å². The van der Waals surface area contributed by atoms with Gasteiger partial charge in [-0.3, -0.25) is 13.9 Å². The summed E-state index contributed by atoms with van der Waals surface area (Å²) in [6.07, 6.45) is 2.63. The molecule has 1 aromatic carbocycles. The molecule has 8 nitrogen and oxygen atoms in total. The summed E-state index contributed by atoms with van der Waals surface area (Å²) in [6, 6.07) is 8.58. The summed E-state index contributed by atoms with van der Waals surface area (Å²) in [6.45, 7) is 5.16. The molecule has 4 aromatic rings. The summed E-state index contributed by atoms with van der Waals surface area (Å²) in [5.74, 6) is 1.31. The lowest BCUT2D eigenvalue weighted by Crippen LogP contribution is -2.49. The molecule has 5 heterocycles. The van der Waals surface area contributed by atoms with Gasteiger partial charge in [-0.2, -0.15) is 13.2 Å². The first-order valence-corrected chi connectivity index (χ1v) is 13.2. The zero-order chi connectivity index (χ0) is 27.4. The van der Waals surface area contributed by atoms with Crippen LogP contribution >= 0.6 is 0 Å². The van der Waals surface area contributed by atoms with Crippen LogP contribution in [-0.2, 0) is 36.3 Å². The maximum Gasteiger partial charge on any atom is 0.418 e. The van der Waals surface area contributed by atoms with E-state index in [0.717, 1.165) is 41.7 Å². The third-order valence-electron chi connectivity index (χ3n) is 8.07. The van der Waals surface area contributed by atoms with Crippen molar-refractivity contribution in [2.75, 3.05) is 26.3 Å². The van der Waals surface area contributed by atoms with Crippen molar-refractivity contribution in [2.45, 2.75) is 44.3 Å². The molecule has 0 radical (unpaired) electrons. The van der Waals surface area contributed by atoms with Gasteiger partial charge in [-0.1, -0.05) is 19.1 Å². The molecule has 39 heavy (non-hydrogen) atoms. The van der Waals surface area contributed by atoms with Crippen molar-refractivity contribution >= 4 is 5.52 Å². The van der Waals surface area contributed by atoms with Crippen LogP contribution in [-0.4, -0.2) is 54.9 Å². The number of hydrogen-bond acceptors (Lipinski definition) is 5. The van der Waals surface area contributed by atoms with E-state index in [1.165, 1.54) is 16.8 Å². The van der Waals surface area contributed by atoms with E-state index < -0.39 is 17.4 Å². The summed E-state index contributed by atoms with van der Waals surface area (Å²) < 4.78 is 52.5. The molecular formula is C28H31F3N6O2. The molecule has 0 amide bonds. The molecule has 1 atom stereocenters. The number of fused-ring (bicyclic) bond motifs is 1. The number of benzene rings is 1. The van der Waals surface area contributed by atoms with Crippen molar-refractivity contribution in [3.05, 3.63) is 82.1 Å². The van der Waals surface area contributed by atoms with Crippen LogP contribution < -0.4 is 5.69 Å². The van der Waals surface area contributed by atoms with Crippen LogP contribution in [0.4, 0.5) is 13.2 Å². The Morgan fingerprint density at radius 1 is 1.18 bits per heavy atom.